The number of ether oxygens (including phenoxy) is 4. The van der Waals surface area contributed by atoms with Crippen LogP contribution in [-0.2, 0) is 69.5 Å². The fourth-order valence-electron chi connectivity index (χ4n) is 9.23. The van der Waals surface area contributed by atoms with Crippen molar-refractivity contribution in [2.75, 3.05) is 0 Å². The fourth-order valence-corrected chi connectivity index (χ4v) is 9.23. The van der Waals surface area contributed by atoms with Crippen molar-refractivity contribution >= 4 is 23.6 Å². The molecule has 8 atom stereocenters. The smallest absolute Gasteiger partial charge is 0.193 e. The van der Waals surface area contributed by atoms with E-state index in [4.69, 9.17) is 45.9 Å². The summed E-state index contributed by atoms with van der Waals surface area (Å²) in [5.41, 5.74) is 10.7. The van der Waals surface area contributed by atoms with E-state index in [2.05, 4.69) is 97.1 Å². The number of nitrogens with zero attached hydrogens (tertiary/aromatic N) is 4. The predicted octanol–water partition coefficient (Wildman–Crippen LogP) is 7.53. The molecule has 0 spiro atoms. The molecule has 4 aliphatic heterocycles. The Labute approximate surface area is 322 Å². The van der Waals surface area contributed by atoms with Crippen molar-refractivity contribution in [3.63, 3.8) is 0 Å². The molecule has 0 N–H and O–H groups in total. The summed E-state index contributed by atoms with van der Waals surface area (Å²) < 4.78 is 41.5. The molecule has 4 aliphatic carbocycles. The van der Waals surface area contributed by atoms with Crippen LogP contribution in [0.3, 0.4) is 0 Å². The minimum Gasteiger partial charge on any atom is -0.474 e. The van der Waals surface area contributed by atoms with Crippen LogP contribution in [0, 0.1) is 0 Å². The van der Waals surface area contributed by atoms with E-state index < -0.39 is 17.9 Å². The van der Waals surface area contributed by atoms with Crippen molar-refractivity contribution in [1.29, 1.82) is 0 Å². The Hall–Kier alpha value is -4.98. The van der Waals surface area contributed by atoms with Gasteiger partial charge in [-0.2, -0.15) is 0 Å². The van der Waals surface area contributed by atoms with Crippen LogP contribution in [0.1, 0.15) is 88.9 Å². The first kappa shape index (κ1) is 34.8. The van der Waals surface area contributed by atoms with Gasteiger partial charge in [-0.25, -0.2) is 20.0 Å². The van der Waals surface area contributed by atoms with E-state index >= 15 is 0 Å². The molecule has 0 saturated heterocycles. The Kier molecular flexibility index (Phi) is 9.24. The molecule has 11 heteroatoms. The topological polar surface area (TPSA) is 121 Å². The third kappa shape index (κ3) is 6.17. The molecular formula is C43H40N4O6Re. The molecule has 10 nitrogen and oxygen atoms in total. The van der Waals surface area contributed by atoms with Gasteiger partial charge in [-0.1, -0.05) is 104 Å². The number of hydrogen-bond donors (Lipinski definition) is 0. The molecule has 0 radical (unpaired) electrons. The molecule has 4 aromatic rings. The standard InChI is InChI=1S/2C21H18N2O2.CH4.2O.Re/c2*1-3-7-14-12(5-1)9-16-20(14)22-18(24-16)11-19-23-21-15-8-4-2-6-13(15)10-17(21)25-19;;;;/h2*1-8,16-17,20-21H,9-11H2;1H4;;;/t2*16-,17-,20+,21+;;;;/m00..../s1. The number of aliphatic imine (C=N–C) groups is 4. The minimum absolute atomic E-state index is 0. The second kappa shape index (κ2) is 14.3. The minimum atomic E-state index is -2.17. The van der Waals surface area contributed by atoms with Crippen LogP contribution in [-0.4, -0.2) is 48.0 Å². The Morgan fingerprint density at radius 1 is 0.426 bits per heavy atom. The molecule has 4 aromatic carbocycles. The van der Waals surface area contributed by atoms with Gasteiger partial charge in [0, 0.05) is 25.7 Å². The van der Waals surface area contributed by atoms with E-state index in [-0.39, 0.29) is 56.0 Å². The summed E-state index contributed by atoms with van der Waals surface area (Å²) in [6.07, 6.45) is 5.52. The van der Waals surface area contributed by atoms with Crippen LogP contribution in [0.2, 0.25) is 0 Å². The summed E-state index contributed by atoms with van der Waals surface area (Å²) in [4.78, 5) is 19.3. The van der Waals surface area contributed by atoms with E-state index in [0.29, 0.717) is 12.8 Å². The van der Waals surface area contributed by atoms with E-state index in [0.717, 1.165) is 49.3 Å². The quantitative estimate of drug-likeness (QED) is 0.209. The maximum atomic E-state index is 8.53. The Balaban J connectivity index is 0.000000131. The van der Waals surface area contributed by atoms with E-state index in [1.165, 1.54) is 44.5 Å². The van der Waals surface area contributed by atoms with Crippen molar-refractivity contribution in [3.8, 4) is 0 Å². The zero-order valence-electron chi connectivity index (χ0n) is 28.7. The Morgan fingerprint density at radius 2 is 0.648 bits per heavy atom. The van der Waals surface area contributed by atoms with Crippen molar-refractivity contribution < 1.29 is 43.8 Å². The van der Waals surface area contributed by atoms with Gasteiger partial charge in [0.25, 0.3) is 0 Å². The number of benzene rings is 4. The molecule has 0 amide bonds. The van der Waals surface area contributed by atoms with Gasteiger partial charge < -0.3 is 18.9 Å². The maximum absolute atomic E-state index is 8.53. The van der Waals surface area contributed by atoms with Gasteiger partial charge in [0.1, 0.15) is 48.6 Å². The first-order valence-electron chi connectivity index (χ1n) is 18.3. The summed E-state index contributed by atoms with van der Waals surface area (Å²) in [6.45, 7) is 0. The van der Waals surface area contributed by atoms with Crippen molar-refractivity contribution in [1.82, 2.24) is 0 Å². The zero-order chi connectivity index (χ0) is 35.5. The third-order valence-corrected chi connectivity index (χ3v) is 11.5. The molecule has 0 bridgehead atoms. The van der Waals surface area contributed by atoms with Crippen LogP contribution in [0.4, 0.5) is 0 Å². The van der Waals surface area contributed by atoms with E-state index in [1.54, 1.807) is 0 Å². The monoisotopic (exact) mass is 895 g/mol. The SMILES string of the molecule is C.[O]=[Re]=[O].c1ccc2c(c1)C[C@@H]1OC(CC3=N[C@@H]4c5ccccc5C[C@@H]4O3)=N[C@H]21.c1ccc2c(c1)C[C@@H]1OC(CC3=N[C@@H]4c5ccccc5C[C@@H]4O3)=N[C@H]21. The molecule has 4 heterocycles. The van der Waals surface area contributed by atoms with Gasteiger partial charge in [-0.15, -0.1) is 0 Å². The zero-order valence-corrected chi connectivity index (χ0v) is 31.4. The average molecular weight is 895 g/mol. The van der Waals surface area contributed by atoms with Gasteiger partial charge >= 0.3 is 24.8 Å². The van der Waals surface area contributed by atoms with Crippen LogP contribution in [0.5, 0.6) is 0 Å². The van der Waals surface area contributed by atoms with Gasteiger partial charge in [0.2, 0.25) is 0 Å². The molecule has 0 aromatic heterocycles. The first-order chi connectivity index (χ1) is 26.1. The fraction of sp³-hybridized carbons (Fsp3) is 0.349. The molecular weight excluding hydrogens is 855 g/mol. The molecule has 54 heavy (non-hydrogen) atoms. The van der Waals surface area contributed by atoms with Crippen LogP contribution < -0.4 is 0 Å². The van der Waals surface area contributed by atoms with Crippen molar-refractivity contribution in [2.24, 2.45) is 20.0 Å². The predicted molar refractivity (Wildman–Crippen MR) is 198 cm³/mol. The second-order valence-corrected chi connectivity index (χ2v) is 15.0. The van der Waals surface area contributed by atoms with E-state index in [1.807, 2.05) is 0 Å². The summed E-state index contributed by atoms with van der Waals surface area (Å²) >= 11 is -2.17. The summed E-state index contributed by atoms with van der Waals surface area (Å²) in [5, 5.41) is 0. The number of hydrogen-bond acceptors (Lipinski definition) is 10. The molecule has 12 rings (SSSR count). The van der Waals surface area contributed by atoms with Crippen molar-refractivity contribution in [3.05, 3.63) is 142 Å². The molecule has 0 unspecified atom stereocenters. The Bertz CT molecular complexity index is 1980. The van der Waals surface area contributed by atoms with Crippen LogP contribution in [0.15, 0.2) is 117 Å². The first-order valence-corrected chi connectivity index (χ1v) is 20.5. The van der Waals surface area contributed by atoms with Crippen molar-refractivity contribution in [2.45, 2.75) is 94.5 Å². The van der Waals surface area contributed by atoms with Gasteiger partial charge in [0.05, 0.1) is 12.8 Å². The molecule has 8 aliphatic rings. The largest absolute Gasteiger partial charge is 0.474 e. The number of rotatable bonds is 4. The van der Waals surface area contributed by atoms with Crippen LogP contribution >= 0.6 is 0 Å². The Morgan fingerprint density at radius 3 is 0.889 bits per heavy atom. The third-order valence-electron chi connectivity index (χ3n) is 11.5. The molecule has 0 fully saturated rings. The summed E-state index contributed by atoms with van der Waals surface area (Å²) in [5.74, 6) is 3.10. The number of fused-ring (bicyclic) bond motifs is 12. The molecule has 0 saturated carbocycles. The van der Waals surface area contributed by atoms with Gasteiger partial charge in [-0.05, 0) is 44.5 Å². The maximum Gasteiger partial charge on any atom is 0.193 e. The van der Waals surface area contributed by atoms with Crippen LogP contribution in [0.25, 0.3) is 0 Å². The second-order valence-electron chi connectivity index (χ2n) is 14.5. The average Bonchev–Trinajstić information content (AvgIpc) is 4.02. The molecule has 275 valence electrons. The van der Waals surface area contributed by atoms with E-state index in [9.17, 15) is 0 Å². The van der Waals surface area contributed by atoms with Gasteiger partial charge in [-0.3, -0.25) is 0 Å². The normalized spacial score (nSPS) is 28.5. The summed E-state index contributed by atoms with van der Waals surface area (Å²) in [6, 6.07) is 34.6. The van der Waals surface area contributed by atoms with Gasteiger partial charge in [0.15, 0.2) is 23.6 Å². The summed E-state index contributed by atoms with van der Waals surface area (Å²) in [7, 11) is 0.